The van der Waals surface area contributed by atoms with Crippen molar-refractivity contribution >= 4 is 49.1 Å². The molecule has 0 aliphatic rings. The summed E-state index contributed by atoms with van der Waals surface area (Å²) >= 11 is 10.2. The Labute approximate surface area is 135 Å². The van der Waals surface area contributed by atoms with E-state index in [1.54, 1.807) is 36.4 Å². The summed E-state index contributed by atoms with van der Waals surface area (Å²) in [5, 5.41) is 8.53. The molecule has 2 aromatic rings. The van der Waals surface area contributed by atoms with E-state index in [1.807, 2.05) is 0 Å². The van der Waals surface area contributed by atoms with Crippen molar-refractivity contribution in [2.45, 2.75) is 9.92 Å². The molecule has 0 saturated heterocycles. The zero-order valence-electron chi connectivity index (χ0n) is 10.2. The maximum Gasteiger partial charge on any atom is 0.179 e. The van der Waals surface area contributed by atoms with Gasteiger partial charge in [-0.05, 0) is 36.4 Å². The van der Waals surface area contributed by atoms with Gasteiger partial charge < -0.3 is 0 Å². The van der Waals surface area contributed by atoms with Gasteiger partial charge in [-0.25, -0.2) is 8.42 Å². The number of hydrogen-bond donors (Lipinski definition) is 0. The van der Waals surface area contributed by atoms with E-state index in [0.29, 0.717) is 20.8 Å². The normalized spacial score (nSPS) is 11.5. The van der Waals surface area contributed by atoms with Gasteiger partial charge in [0.1, 0.15) is 5.03 Å². The van der Waals surface area contributed by atoms with Crippen molar-refractivity contribution in [2.75, 3.05) is 11.5 Å². The molecule has 0 bridgehead atoms. The van der Waals surface area contributed by atoms with Crippen molar-refractivity contribution in [2.24, 2.45) is 0 Å². The number of rotatable bonds is 5. The molecule has 1 aromatic heterocycles. The smallest absolute Gasteiger partial charge is 0.179 e. The minimum absolute atomic E-state index is 0.0452. The predicted molar refractivity (Wildman–Crippen MR) is 84.0 cm³/mol. The molecule has 0 radical (unpaired) electrons. The quantitative estimate of drug-likeness (QED) is 0.728. The van der Waals surface area contributed by atoms with Gasteiger partial charge in [0, 0.05) is 10.2 Å². The van der Waals surface area contributed by atoms with Crippen LogP contribution in [-0.4, -0.2) is 30.1 Å². The molecule has 20 heavy (non-hydrogen) atoms. The average molecular weight is 394 g/mol. The van der Waals surface area contributed by atoms with E-state index in [-0.39, 0.29) is 5.75 Å². The Balaban J connectivity index is 1.96. The molecule has 0 N–H and O–H groups in total. The zero-order valence-corrected chi connectivity index (χ0v) is 14.1. The lowest BCUT2D eigenvalue weighted by molar-refractivity contribution is 0.597. The molecule has 0 amide bonds. The summed E-state index contributed by atoms with van der Waals surface area (Å²) in [6, 6.07) is 9.94. The Morgan fingerprint density at radius 1 is 1.10 bits per heavy atom. The number of halogens is 2. The molecule has 2 rings (SSSR count). The lowest BCUT2D eigenvalue weighted by atomic mass is 10.4. The topological polar surface area (TPSA) is 59.9 Å². The van der Waals surface area contributed by atoms with Gasteiger partial charge in [-0.1, -0.05) is 27.5 Å². The highest BCUT2D eigenvalue weighted by atomic mass is 79.9. The SMILES string of the molecule is O=S(=O)(CCSc1ccc(Cl)nn1)c1ccc(Br)cc1. The molecule has 1 heterocycles. The van der Waals surface area contributed by atoms with Crippen molar-refractivity contribution in [1.29, 1.82) is 0 Å². The van der Waals surface area contributed by atoms with Gasteiger partial charge in [0.05, 0.1) is 10.6 Å². The van der Waals surface area contributed by atoms with E-state index in [0.717, 1.165) is 4.47 Å². The Morgan fingerprint density at radius 2 is 1.80 bits per heavy atom. The highest BCUT2D eigenvalue weighted by molar-refractivity contribution is 9.10. The first-order valence-corrected chi connectivity index (χ1v) is 9.38. The number of nitrogens with zero attached hydrogens (tertiary/aromatic N) is 2. The van der Waals surface area contributed by atoms with E-state index >= 15 is 0 Å². The van der Waals surface area contributed by atoms with Gasteiger partial charge in [0.15, 0.2) is 15.0 Å². The second kappa shape index (κ2) is 6.89. The maximum absolute atomic E-state index is 12.1. The van der Waals surface area contributed by atoms with Gasteiger partial charge >= 0.3 is 0 Å². The third-order valence-electron chi connectivity index (χ3n) is 2.38. The minimum atomic E-state index is -3.27. The van der Waals surface area contributed by atoms with Crippen LogP contribution < -0.4 is 0 Å². The Kier molecular flexibility index (Phi) is 5.42. The highest BCUT2D eigenvalue weighted by Gasteiger charge is 2.14. The molecule has 0 atom stereocenters. The summed E-state index contributed by atoms with van der Waals surface area (Å²) in [5.74, 6) is 0.457. The lowest BCUT2D eigenvalue weighted by Gasteiger charge is -2.04. The van der Waals surface area contributed by atoms with Crippen LogP contribution in [-0.2, 0) is 9.84 Å². The summed E-state index contributed by atoms with van der Waals surface area (Å²) in [7, 11) is -3.27. The first kappa shape index (κ1) is 15.8. The van der Waals surface area contributed by atoms with Gasteiger partial charge in [0.2, 0.25) is 0 Å². The number of sulfone groups is 1. The molecule has 0 saturated carbocycles. The third-order valence-corrected chi connectivity index (χ3v) is 6.02. The summed E-state index contributed by atoms with van der Waals surface area (Å²) in [6.45, 7) is 0. The molecule has 0 aliphatic heterocycles. The van der Waals surface area contributed by atoms with Crippen LogP contribution in [0.3, 0.4) is 0 Å². The largest absolute Gasteiger partial charge is 0.224 e. The van der Waals surface area contributed by atoms with Gasteiger partial charge in [-0.2, -0.15) is 0 Å². The molecule has 0 fully saturated rings. The van der Waals surface area contributed by atoms with Crippen LogP contribution in [0.4, 0.5) is 0 Å². The molecule has 0 unspecified atom stereocenters. The number of hydrogen-bond acceptors (Lipinski definition) is 5. The molecule has 106 valence electrons. The van der Waals surface area contributed by atoms with Crippen molar-refractivity contribution in [3.63, 3.8) is 0 Å². The van der Waals surface area contributed by atoms with Crippen molar-refractivity contribution in [1.82, 2.24) is 10.2 Å². The predicted octanol–water partition coefficient (Wildman–Crippen LogP) is 3.46. The summed E-state index contributed by atoms with van der Waals surface area (Å²) in [4.78, 5) is 0.323. The summed E-state index contributed by atoms with van der Waals surface area (Å²) < 4.78 is 25.1. The summed E-state index contributed by atoms with van der Waals surface area (Å²) in [5.41, 5.74) is 0. The van der Waals surface area contributed by atoms with Gasteiger partial charge in [-0.15, -0.1) is 22.0 Å². The molecular weight excluding hydrogens is 384 g/mol. The standard InChI is InChI=1S/C12H10BrClN2O2S2/c13-9-1-3-10(4-2-9)20(17,18)8-7-19-12-6-5-11(14)15-16-12/h1-6H,7-8H2. The minimum Gasteiger partial charge on any atom is -0.224 e. The van der Waals surface area contributed by atoms with Crippen LogP contribution in [0.2, 0.25) is 5.15 Å². The van der Waals surface area contributed by atoms with Crippen molar-refractivity contribution in [3.05, 3.63) is 46.0 Å². The van der Waals surface area contributed by atoms with E-state index in [4.69, 9.17) is 11.6 Å². The first-order chi connectivity index (χ1) is 9.47. The number of aromatic nitrogens is 2. The van der Waals surface area contributed by atoms with Crippen LogP contribution >= 0.6 is 39.3 Å². The molecular formula is C12H10BrClN2O2S2. The van der Waals surface area contributed by atoms with Crippen molar-refractivity contribution in [3.8, 4) is 0 Å². The van der Waals surface area contributed by atoms with E-state index in [9.17, 15) is 8.42 Å². The van der Waals surface area contributed by atoms with Crippen LogP contribution in [0.25, 0.3) is 0 Å². The molecule has 0 aliphatic carbocycles. The Bertz CT molecular complexity index is 676. The second-order valence-electron chi connectivity index (χ2n) is 3.82. The zero-order chi connectivity index (χ0) is 14.6. The number of thioether (sulfide) groups is 1. The van der Waals surface area contributed by atoms with Crippen LogP contribution in [0.15, 0.2) is 50.8 Å². The lowest BCUT2D eigenvalue weighted by Crippen LogP contribution is -2.08. The van der Waals surface area contributed by atoms with E-state index < -0.39 is 9.84 Å². The van der Waals surface area contributed by atoms with Gasteiger partial charge in [0.25, 0.3) is 0 Å². The van der Waals surface area contributed by atoms with E-state index in [1.165, 1.54) is 11.8 Å². The fourth-order valence-corrected chi connectivity index (χ4v) is 4.23. The Hall–Kier alpha value is -0.630. The molecule has 4 nitrogen and oxygen atoms in total. The molecule has 1 aromatic carbocycles. The second-order valence-corrected chi connectivity index (χ2v) is 8.34. The fraction of sp³-hybridized carbons (Fsp3) is 0.167. The maximum atomic E-state index is 12.1. The van der Waals surface area contributed by atoms with E-state index in [2.05, 4.69) is 26.1 Å². The van der Waals surface area contributed by atoms with Crippen LogP contribution in [0.5, 0.6) is 0 Å². The van der Waals surface area contributed by atoms with Gasteiger partial charge in [-0.3, -0.25) is 0 Å². The van der Waals surface area contributed by atoms with Crippen molar-refractivity contribution < 1.29 is 8.42 Å². The average Bonchev–Trinajstić information content (AvgIpc) is 2.41. The number of benzene rings is 1. The summed E-state index contributed by atoms with van der Waals surface area (Å²) in [6.07, 6.45) is 0. The third kappa shape index (κ3) is 4.44. The first-order valence-electron chi connectivity index (χ1n) is 5.58. The monoisotopic (exact) mass is 392 g/mol. The Morgan fingerprint density at radius 3 is 2.40 bits per heavy atom. The highest BCUT2D eigenvalue weighted by Crippen LogP contribution is 2.19. The fourth-order valence-electron chi connectivity index (χ4n) is 1.40. The van der Waals surface area contributed by atoms with Crippen LogP contribution in [0.1, 0.15) is 0 Å². The van der Waals surface area contributed by atoms with Crippen LogP contribution in [0, 0.1) is 0 Å². The molecule has 8 heteroatoms. The molecule has 0 spiro atoms.